The van der Waals surface area contributed by atoms with Crippen LogP contribution in [0, 0.1) is 26.2 Å². The molecule has 2 aromatic carbocycles. The predicted octanol–water partition coefficient (Wildman–Crippen LogP) is 5.03. The average Bonchev–Trinajstić information content (AvgIpc) is 2.59. The van der Waals surface area contributed by atoms with E-state index in [4.69, 9.17) is 0 Å². The summed E-state index contributed by atoms with van der Waals surface area (Å²) in [5, 5.41) is 0.971. The Bertz CT molecular complexity index is 1100. The highest BCUT2D eigenvalue weighted by molar-refractivity contribution is 5.97. The number of hydrogen-bond acceptors (Lipinski definition) is 2. The number of aryl methyl sites for hydroxylation is 3. The topological polar surface area (TPSA) is 53.2 Å². The molecule has 0 spiro atoms. The predicted molar refractivity (Wildman–Crippen MR) is 116 cm³/mol. The number of nitrogens with zero attached hydrogens (tertiary/aromatic N) is 1. The van der Waals surface area contributed by atoms with Gasteiger partial charge in [0, 0.05) is 22.2 Å². The zero-order chi connectivity index (χ0) is 20.6. The molecule has 0 aliphatic carbocycles. The van der Waals surface area contributed by atoms with Crippen molar-refractivity contribution in [3.05, 3.63) is 75.1 Å². The fourth-order valence-electron chi connectivity index (χ4n) is 3.44. The van der Waals surface area contributed by atoms with E-state index in [1.54, 1.807) is 4.90 Å². The zero-order valence-electron chi connectivity index (χ0n) is 17.5. The van der Waals surface area contributed by atoms with Crippen molar-refractivity contribution in [1.29, 1.82) is 0 Å². The van der Waals surface area contributed by atoms with Gasteiger partial charge in [-0.2, -0.15) is 0 Å². The van der Waals surface area contributed by atoms with Gasteiger partial charge in [0.05, 0.1) is 6.54 Å². The summed E-state index contributed by atoms with van der Waals surface area (Å²) >= 11 is 0. The van der Waals surface area contributed by atoms with Crippen LogP contribution in [0.3, 0.4) is 0 Å². The highest BCUT2D eigenvalue weighted by Crippen LogP contribution is 2.28. The molecule has 0 fully saturated rings. The van der Waals surface area contributed by atoms with Crippen LogP contribution in [0.2, 0.25) is 0 Å². The van der Waals surface area contributed by atoms with Gasteiger partial charge < -0.3 is 9.88 Å². The van der Waals surface area contributed by atoms with Crippen LogP contribution in [0.4, 0.5) is 5.69 Å². The number of H-pyrrole nitrogens is 1. The van der Waals surface area contributed by atoms with Crippen molar-refractivity contribution in [3.63, 3.8) is 0 Å². The minimum absolute atomic E-state index is 0.0109. The molecule has 28 heavy (non-hydrogen) atoms. The Kier molecular flexibility index (Phi) is 5.16. The van der Waals surface area contributed by atoms with Gasteiger partial charge in [0.1, 0.15) is 0 Å². The molecule has 0 saturated heterocycles. The van der Waals surface area contributed by atoms with Gasteiger partial charge >= 0.3 is 0 Å². The molecule has 1 heterocycles. The van der Waals surface area contributed by atoms with E-state index in [2.05, 4.69) is 11.1 Å². The Morgan fingerprint density at radius 2 is 1.61 bits per heavy atom. The van der Waals surface area contributed by atoms with E-state index < -0.39 is 5.41 Å². The quantitative estimate of drug-likeness (QED) is 0.697. The van der Waals surface area contributed by atoms with Crippen LogP contribution in [0.25, 0.3) is 10.9 Å². The summed E-state index contributed by atoms with van der Waals surface area (Å²) in [6.07, 6.45) is 0. The second-order valence-electron chi connectivity index (χ2n) is 8.65. The number of hydrogen-bond donors (Lipinski definition) is 1. The molecule has 0 radical (unpaired) electrons. The monoisotopic (exact) mass is 376 g/mol. The van der Waals surface area contributed by atoms with Gasteiger partial charge in [0.25, 0.3) is 5.56 Å². The molecule has 0 atom stereocenters. The Balaban J connectivity index is 2.12. The van der Waals surface area contributed by atoms with E-state index >= 15 is 0 Å². The SMILES string of the molecule is Cc1ccc(N(Cc2cc3cc(C)ccc3[nH]c2=O)C(=O)C(C)(C)C)c(C)c1. The summed E-state index contributed by atoms with van der Waals surface area (Å²) in [5.41, 5.74) is 4.80. The molecule has 3 rings (SSSR count). The number of aromatic nitrogens is 1. The number of amides is 1. The van der Waals surface area contributed by atoms with Gasteiger partial charge in [-0.05, 0) is 56.0 Å². The zero-order valence-corrected chi connectivity index (χ0v) is 17.5. The van der Waals surface area contributed by atoms with Crippen LogP contribution < -0.4 is 10.5 Å². The van der Waals surface area contributed by atoms with Gasteiger partial charge in [0.2, 0.25) is 5.91 Å². The van der Waals surface area contributed by atoms with Crippen molar-refractivity contribution in [2.75, 3.05) is 4.90 Å². The van der Waals surface area contributed by atoms with E-state index in [-0.39, 0.29) is 18.0 Å². The molecule has 4 heteroatoms. The number of nitrogens with one attached hydrogen (secondary N) is 1. The molecule has 3 aromatic rings. The number of benzene rings is 2. The van der Waals surface area contributed by atoms with E-state index in [9.17, 15) is 9.59 Å². The highest BCUT2D eigenvalue weighted by Gasteiger charge is 2.29. The third kappa shape index (κ3) is 4.01. The first-order chi connectivity index (χ1) is 13.1. The summed E-state index contributed by atoms with van der Waals surface area (Å²) in [5.74, 6) is -0.0109. The molecular formula is C24H28N2O2. The number of carbonyl (C=O) groups excluding carboxylic acids is 1. The lowest BCUT2D eigenvalue weighted by molar-refractivity contribution is -0.125. The third-order valence-electron chi connectivity index (χ3n) is 4.93. The smallest absolute Gasteiger partial charge is 0.253 e. The van der Waals surface area contributed by atoms with Crippen molar-refractivity contribution in [2.45, 2.75) is 48.1 Å². The number of aromatic amines is 1. The molecule has 0 saturated carbocycles. The number of fused-ring (bicyclic) bond motifs is 1. The minimum atomic E-state index is -0.558. The molecule has 0 aliphatic heterocycles. The van der Waals surface area contributed by atoms with E-state index in [1.807, 2.05) is 77.9 Å². The number of anilines is 1. The maximum atomic E-state index is 13.2. The normalized spacial score (nSPS) is 11.6. The largest absolute Gasteiger partial charge is 0.322 e. The van der Waals surface area contributed by atoms with E-state index in [0.717, 1.165) is 33.3 Å². The molecular weight excluding hydrogens is 348 g/mol. The summed E-state index contributed by atoms with van der Waals surface area (Å²) in [4.78, 5) is 30.6. The van der Waals surface area contributed by atoms with Crippen LogP contribution in [0.5, 0.6) is 0 Å². The first kappa shape index (κ1) is 19.9. The van der Waals surface area contributed by atoms with E-state index in [0.29, 0.717) is 5.56 Å². The lowest BCUT2D eigenvalue weighted by atomic mass is 9.93. The minimum Gasteiger partial charge on any atom is -0.322 e. The van der Waals surface area contributed by atoms with Crippen LogP contribution in [-0.4, -0.2) is 10.9 Å². The van der Waals surface area contributed by atoms with Gasteiger partial charge in [0.15, 0.2) is 0 Å². The molecule has 1 N–H and O–H groups in total. The van der Waals surface area contributed by atoms with Gasteiger partial charge in [-0.1, -0.05) is 50.1 Å². The number of rotatable bonds is 3. The molecule has 0 unspecified atom stereocenters. The second-order valence-corrected chi connectivity index (χ2v) is 8.65. The fraction of sp³-hybridized carbons (Fsp3) is 0.333. The molecule has 1 amide bonds. The Hall–Kier alpha value is -2.88. The Morgan fingerprint density at radius 1 is 0.964 bits per heavy atom. The average molecular weight is 377 g/mol. The van der Waals surface area contributed by atoms with Gasteiger partial charge in [-0.25, -0.2) is 0 Å². The lowest BCUT2D eigenvalue weighted by Crippen LogP contribution is -2.40. The van der Waals surface area contributed by atoms with Crippen LogP contribution in [0.15, 0.2) is 47.3 Å². The van der Waals surface area contributed by atoms with E-state index in [1.165, 1.54) is 0 Å². The van der Waals surface area contributed by atoms with Crippen molar-refractivity contribution in [2.24, 2.45) is 5.41 Å². The number of pyridine rings is 1. The first-order valence-electron chi connectivity index (χ1n) is 9.58. The standard InChI is InChI=1S/C24H28N2O2/c1-15-8-10-21(17(3)11-15)26(23(28)24(4,5)6)14-19-13-18-12-16(2)7-9-20(18)25-22(19)27/h7-13H,14H2,1-6H3,(H,25,27). The summed E-state index contributed by atoms with van der Waals surface area (Å²) in [7, 11) is 0. The molecule has 0 aliphatic rings. The van der Waals surface area contributed by atoms with Crippen molar-refractivity contribution < 1.29 is 4.79 Å². The maximum Gasteiger partial charge on any atom is 0.253 e. The van der Waals surface area contributed by atoms with Crippen molar-refractivity contribution >= 4 is 22.5 Å². The second kappa shape index (κ2) is 7.27. The Morgan fingerprint density at radius 3 is 2.25 bits per heavy atom. The lowest BCUT2D eigenvalue weighted by Gasteiger charge is -2.31. The summed E-state index contributed by atoms with van der Waals surface area (Å²) < 4.78 is 0. The van der Waals surface area contributed by atoms with Crippen LogP contribution >= 0.6 is 0 Å². The molecule has 0 bridgehead atoms. The molecule has 1 aromatic heterocycles. The van der Waals surface area contributed by atoms with Gasteiger partial charge in [-0.15, -0.1) is 0 Å². The van der Waals surface area contributed by atoms with Crippen LogP contribution in [-0.2, 0) is 11.3 Å². The van der Waals surface area contributed by atoms with Crippen molar-refractivity contribution in [1.82, 2.24) is 4.98 Å². The number of carbonyl (C=O) groups is 1. The highest BCUT2D eigenvalue weighted by atomic mass is 16.2. The van der Waals surface area contributed by atoms with Gasteiger partial charge in [-0.3, -0.25) is 9.59 Å². The molecule has 146 valence electrons. The third-order valence-corrected chi connectivity index (χ3v) is 4.93. The van der Waals surface area contributed by atoms with Crippen LogP contribution in [0.1, 0.15) is 43.0 Å². The van der Waals surface area contributed by atoms with Crippen molar-refractivity contribution in [3.8, 4) is 0 Å². The Labute approximate surface area is 166 Å². The fourth-order valence-corrected chi connectivity index (χ4v) is 3.44. The molecule has 4 nitrogen and oxygen atoms in total. The first-order valence-corrected chi connectivity index (χ1v) is 9.58. The summed E-state index contributed by atoms with van der Waals surface area (Å²) in [6, 6.07) is 13.9. The summed E-state index contributed by atoms with van der Waals surface area (Å²) in [6.45, 7) is 12.0. The maximum absolute atomic E-state index is 13.2.